The summed E-state index contributed by atoms with van der Waals surface area (Å²) < 4.78 is 15.4. The molecule has 0 fully saturated rings. The molecule has 1 aliphatic heterocycles. The summed E-state index contributed by atoms with van der Waals surface area (Å²) in [6.07, 6.45) is 0.431. The lowest BCUT2D eigenvalue weighted by molar-refractivity contribution is -0.111. The molecule has 0 saturated heterocycles. The van der Waals surface area contributed by atoms with Crippen molar-refractivity contribution in [1.82, 2.24) is 19.1 Å². The first-order valence-corrected chi connectivity index (χ1v) is 10.0. The summed E-state index contributed by atoms with van der Waals surface area (Å²) in [6.45, 7) is 4.11. The number of halogens is 1. The van der Waals surface area contributed by atoms with Gasteiger partial charge >= 0.3 is 5.69 Å². The molecule has 10 heteroatoms. The van der Waals surface area contributed by atoms with E-state index in [1.165, 1.54) is 28.7 Å². The molecule has 9 nitrogen and oxygen atoms in total. The van der Waals surface area contributed by atoms with Gasteiger partial charge in [-0.3, -0.25) is 18.7 Å². The third-order valence-electron chi connectivity index (χ3n) is 5.48. The summed E-state index contributed by atoms with van der Waals surface area (Å²) in [4.78, 5) is 45.6. The second kappa shape index (κ2) is 9.03. The van der Waals surface area contributed by atoms with Crippen LogP contribution in [0.4, 0.5) is 4.39 Å². The average molecular weight is 434 g/mol. The number of nitrogens with zero attached hydrogens (tertiary/aromatic N) is 4. The molecule has 2 aromatic rings. The van der Waals surface area contributed by atoms with Crippen molar-refractivity contribution < 1.29 is 19.1 Å². The molecule has 0 radical (unpaired) electrons. The lowest BCUT2D eigenvalue weighted by Gasteiger charge is -2.36. The van der Waals surface area contributed by atoms with E-state index in [4.69, 9.17) is 4.84 Å². The Kier molecular flexibility index (Phi) is 6.61. The molecule has 1 aromatic heterocycles. The normalized spacial score (nSPS) is 16.3. The van der Waals surface area contributed by atoms with Gasteiger partial charge in [-0.2, -0.15) is 5.06 Å². The monoisotopic (exact) mass is 434 g/mol. The van der Waals surface area contributed by atoms with E-state index in [1.54, 1.807) is 38.1 Å². The number of hydroxylamine groups is 2. The summed E-state index contributed by atoms with van der Waals surface area (Å²) in [5, 5.41) is 12.2. The number of amides is 1. The third-order valence-corrected chi connectivity index (χ3v) is 5.48. The first kappa shape index (κ1) is 22.7. The zero-order chi connectivity index (χ0) is 22.9. The number of rotatable bonds is 7. The highest BCUT2D eigenvalue weighted by Gasteiger charge is 2.37. The van der Waals surface area contributed by atoms with Gasteiger partial charge in [-0.1, -0.05) is 12.1 Å². The van der Waals surface area contributed by atoms with Crippen LogP contribution in [0.3, 0.4) is 0 Å². The molecule has 1 aliphatic rings. The Labute approximate surface area is 178 Å². The highest BCUT2D eigenvalue weighted by atomic mass is 19.1. The molecule has 0 bridgehead atoms. The number of carbonyl (C=O) groups is 1. The zero-order valence-corrected chi connectivity index (χ0v) is 18.0. The minimum Gasteiger partial charge on any atom is -0.501 e. The molecule has 0 spiro atoms. The van der Waals surface area contributed by atoms with Crippen LogP contribution in [-0.2, 0) is 11.4 Å². The Morgan fingerprint density at radius 3 is 2.45 bits per heavy atom. The van der Waals surface area contributed by atoms with E-state index in [2.05, 4.69) is 0 Å². The van der Waals surface area contributed by atoms with Crippen LogP contribution in [-0.4, -0.2) is 57.4 Å². The number of benzene rings is 1. The zero-order valence-electron chi connectivity index (χ0n) is 18.0. The smallest absolute Gasteiger partial charge is 0.332 e. The molecule has 2 heterocycles. The molecule has 1 amide bonds. The van der Waals surface area contributed by atoms with Gasteiger partial charge in [0.2, 0.25) is 5.75 Å². The SMILES string of the molecule is CON(C)CCC1CN(Cc2ccc(F)cc2)C(=O)c2c(O)c(=O)n(C(C)C)c(=O)n21. The van der Waals surface area contributed by atoms with Gasteiger partial charge in [0, 0.05) is 32.7 Å². The molecule has 168 valence electrons. The molecule has 1 aromatic carbocycles. The van der Waals surface area contributed by atoms with E-state index in [9.17, 15) is 23.9 Å². The molecule has 1 unspecified atom stereocenters. The Bertz CT molecular complexity index is 1080. The molecule has 1 N–H and O–H groups in total. The van der Waals surface area contributed by atoms with Gasteiger partial charge in [0.05, 0.1) is 13.2 Å². The fourth-order valence-electron chi connectivity index (χ4n) is 3.78. The summed E-state index contributed by atoms with van der Waals surface area (Å²) in [5.41, 5.74) is -1.15. The van der Waals surface area contributed by atoms with E-state index in [0.717, 1.165) is 4.57 Å². The maximum Gasteiger partial charge on any atom is 0.332 e. The number of aromatic nitrogens is 2. The largest absolute Gasteiger partial charge is 0.501 e. The molecule has 0 aliphatic carbocycles. The van der Waals surface area contributed by atoms with Crippen molar-refractivity contribution in [3.05, 3.63) is 62.2 Å². The van der Waals surface area contributed by atoms with E-state index in [-0.39, 0.29) is 18.8 Å². The average Bonchev–Trinajstić information content (AvgIpc) is 2.73. The van der Waals surface area contributed by atoms with Crippen LogP contribution in [0.5, 0.6) is 5.75 Å². The van der Waals surface area contributed by atoms with Crippen molar-refractivity contribution >= 4 is 5.91 Å². The van der Waals surface area contributed by atoms with Crippen LogP contribution in [0, 0.1) is 5.82 Å². The van der Waals surface area contributed by atoms with Gasteiger partial charge in [0.25, 0.3) is 11.5 Å². The van der Waals surface area contributed by atoms with Gasteiger partial charge in [-0.15, -0.1) is 0 Å². The van der Waals surface area contributed by atoms with Gasteiger partial charge in [-0.25, -0.2) is 9.18 Å². The Morgan fingerprint density at radius 2 is 1.87 bits per heavy atom. The minimum atomic E-state index is -0.893. The fraction of sp³-hybridized carbons (Fsp3) is 0.476. The standard InChI is InChI=1S/C21H27FN4O5/c1-13(2)25-20(29)18(27)17-19(28)24(11-14-5-7-15(22)8-6-14)12-16(26(17)21(25)30)9-10-23(3)31-4/h5-8,13,16,27H,9-12H2,1-4H3. The van der Waals surface area contributed by atoms with Gasteiger partial charge in [-0.05, 0) is 38.0 Å². The number of carbonyl (C=O) groups excluding carboxylic acids is 1. The molecule has 1 atom stereocenters. The lowest BCUT2D eigenvalue weighted by Crippen LogP contribution is -2.52. The quantitative estimate of drug-likeness (QED) is 0.664. The predicted molar refractivity (Wildman–Crippen MR) is 111 cm³/mol. The van der Waals surface area contributed by atoms with Crippen LogP contribution in [0.1, 0.15) is 48.4 Å². The van der Waals surface area contributed by atoms with Crippen molar-refractivity contribution in [2.75, 3.05) is 27.2 Å². The van der Waals surface area contributed by atoms with Gasteiger partial charge < -0.3 is 14.8 Å². The van der Waals surface area contributed by atoms with E-state index in [1.807, 2.05) is 0 Å². The molecular formula is C21H27FN4O5. The summed E-state index contributed by atoms with van der Waals surface area (Å²) in [5.74, 6) is -1.76. The summed E-state index contributed by atoms with van der Waals surface area (Å²) in [7, 11) is 3.26. The van der Waals surface area contributed by atoms with Crippen molar-refractivity contribution in [3.8, 4) is 5.75 Å². The second-order valence-corrected chi connectivity index (χ2v) is 7.91. The minimum absolute atomic E-state index is 0.149. The highest BCUT2D eigenvalue weighted by molar-refractivity contribution is 5.95. The number of hydrogen-bond donors (Lipinski definition) is 1. The van der Waals surface area contributed by atoms with Crippen LogP contribution >= 0.6 is 0 Å². The Hall–Kier alpha value is -2.98. The second-order valence-electron chi connectivity index (χ2n) is 7.91. The number of hydrogen-bond acceptors (Lipinski definition) is 6. The van der Waals surface area contributed by atoms with E-state index >= 15 is 0 Å². The predicted octanol–water partition coefficient (Wildman–Crippen LogP) is 1.52. The Balaban J connectivity index is 2.09. The van der Waals surface area contributed by atoms with E-state index in [0.29, 0.717) is 18.5 Å². The first-order valence-electron chi connectivity index (χ1n) is 10.0. The first-order chi connectivity index (χ1) is 14.6. The van der Waals surface area contributed by atoms with Crippen molar-refractivity contribution in [3.63, 3.8) is 0 Å². The molecule has 31 heavy (non-hydrogen) atoms. The van der Waals surface area contributed by atoms with Gasteiger partial charge in [0.15, 0.2) is 5.69 Å². The van der Waals surface area contributed by atoms with Crippen LogP contribution in [0.25, 0.3) is 0 Å². The fourth-order valence-corrected chi connectivity index (χ4v) is 3.78. The maximum atomic E-state index is 13.3. The van der Waals surface area contributed by atoms with Crippen molar-refractivity contribution in [2.45, 2.75) is 38.9 Å². The highest BCUT2D eigenvalue weighted by Crippen LogP contribution is 2.27. The van der Waals surface area contributed by atoms with Crippen LogP contribution in [0.15, 0.2) is 33.9 Å². The van der Waals surface area contributed by atoms with Crippen molar-refractivity contribution in [1.29, 1.82) is 0 Å². The van der Waals surface area contributed by atoms with Crippen LogP contribution in [0.2, 0.25) is 0 Å². The molecule has 0 saturated carbocycles. The number of aromatic hydroxyl groups is 1. The van der Waals surface area contributed by atoms with E-state index < -0.39 is 40.8 Å². The Morgan fingerprint density at radius 1 is 1.23 bits per heavy atom. The third kappa shape index (κ3) is 4.40. The maximum absolute atomic E-state index is 13.3. The van der Waals surface area contributed by atoms with Crippen molar-refractivity contribution in [2.24, 2.45) is 0 Å². The molecular weight excluding hydrogens is 407 g/mol. The summed E-state index contributed by atoms with van der Waals surface area (Å²) in [6, 6.07) is 4.74. The topological polar surface area (TPSA) is 97.0 Å². The van der Waals surface area contributed by atoms with Gasteiger partial charge in [0.1, 0.15) is 5.82 Å². The molecule has 3 rings (SSSR count). The number of fused-ring (bicyclic) bond motifs is 1. The van der Waals surface area contributed by atoms with Crippen LogP contribution < -0.4 is 11.2 Å². The summed E-state index contributed by atoms with van der Waals surface area (Å²) >= 11 is 0. The lowest BCUT2D eigenvalue weighted by atomic mass is 10.1.